The van der Waals surface area contributed by atoms with Gasteiger partial charge in [-0.3, -0.25) is 9.69 Å². The van der Waals surface area contributed by atoms with Gasteiger partial charge in [-0.25, -0.2) is 4.39 Å². The molecule has 0 aliphatic carbocycles. The molecule has 1 aliphatic rings. The normalized spacial score (nSPS) is 19.9. The number of carbonyl (C=O) groups is 1. The molecule has 1 aliphatic heterocycles. The summed E-state index contributed by atoms with van der Waals surface area (Å²) in [6.45, 7) is 1.47. The molecule has 5 heteroatoms. The molecule has 1 unspecified atom stereocenters. The average molecular weight is 300 g/mol. The smallest absolute Gasteiger partial charge is 0.307 e. The number of hydrogen-bond donors (Lipinski definition) is 0. The van der Waals surface area contributed by atoms with Crippen LogP contribution in [0.25, 0.3) is 0 Å². The first kappa shape index (κ1) is 15.3. The maximum atomic E-state index is 13.5. The number of methoxy groups -OCH3 is 1. The number of likely N-dealkylation sites (tertiary alicyclic amines) is 1. The lowest BCUT2D eigenvalue weighted by atomic mass is 9.98. The van der Waals surface area contributed by atoms with Gasteiger partial charge in [-0.15, -0.1) is 0 Å². The zero-order valence-electron chi connectivity index (χ0n) is 11.6. The molecular formula is C15H19ClFNO2. The summed E-state index contributed by atoms with van der Waals surface area (Å²) < 4.78 is 18.2. The Balaban J connectivity index is 2.08. The zero-order valence-corrected chi connectivity index (χ0v) is 12.3. The number of ether oxygens (including phenoxy) is 1. The van der Waals surface area contributed by atoms with Gasteiger partial charge < -0.3 is 4.74 Å². The van der Waals surface area contributed by atoms with E-state index in [0.29, 0.717) is 13.0 Å². The number of nitrogens with zero attached hydrogens (tertiary/aromatic N) is 1. The second kappa shape index (κ2) is 7.04. The van der Waals surface area contributed by atoms with Gasteiger partial charge >= 0.3 is 5.97 Å². The number of esters is 1. The van der Waals surface area contributed by atoms with Crippen molar-refractivity contribution < 1.29 is 13.9 Å². The van der Waals surface area contributed by atoms with Crippen molar-refractivity contribution in [3.05, 3.63) is 34.6 Å². The molecule has 1 aromatic rings. The molecule has 3 nitrogen and oxygen atoms in total. The predicted molar refractivity (Wildman–Crippen MR) is 76.1 cm³/mol. The van der Waals surface area contributed by atoms with E-state index in [9.17, 15) is 9.18 Å². The van der Waals surface area contributed by atoms with Crippen LogP contribution in [0.2, 0.25) is 5.02 Å². The molecule has 1 saturated heterocycles. The van der Waals surface area contributed by atoms with E-state index in [-0.39, 0.29) is 17.0 Å². The first-order valence-corrected chi connectivity index (χ1v) is 7.23. The maximum absolute atomic E-state index is 13.5. The molecule has 0 amide bonds. The molecule has 110 valence electrons. The minimum Gasteiger partial charge on any atom is -0.469 e. The monoisotopic (exact) mass is 299 g/mol. The molecule has 1 heterocycles. The third-order valence-electron chi connectivity index (χ3n) is 3.78. The zero-order chi connectivity index (χ0) is 14.5. The van der Waals surface area contributed by atoms with Gasteiger partial charge in [0.2, 0.25) is 0 Å². The number of piperidine rings is 1. The predicted octanol–water partition coefficient (Wildman–Crippen LogP) is 3.40. The van der Waals surface area contributed by atoms with E-state index < -0.39 is 5.82 Å². The van der Waals surface area contributed by atoms with Crippen molar-refractivity contribution >= 4 is 17.6 Å². The van der Waals surface area contributed by atoms with E-state index in [1.54, 1.807) is 6.07 Å². The lowest BCUT2D eigenvalue weighted by Gasteiger charge is -2.35. The molecule has 1 fully saturated rings. The van der Waals surface area contributed by atoms with Crippen molar-refractivity contribution in [3.8, 4) is 0 Å². The molecule has 0 spiro atoms. The van der Waals surface area contributed by atoms with Gasteiger partial charge in [0, 0.05) is 12.6 Å². The minimum atomic E-state index is -0.398. The average Bonchev–Trinajstić information content (AvgIpc) is 2.45. The SMILES string of the molecule is COC(=O)CC1CCCCN1Cc1cccc(F)c1Cl. The summed E-state index contributed by atoms with van der Waals surface area (Å²) in [6.07, 6.45) is 3.53. The fourth-order valence-corrected chi connectivity index (χ4v) is 2.85. The van der Waals surface area contributed by atoms with Gasteiger partial charge in [0.05, 0.1) is 18.6 Å². The summed E-state index contributed by atoms with van der Waals surface area (Å²) in [5.74, 6) is -0.599. The van der Waals surface area contributed by atoms with Crippen LogP contribution in [0.5, 0.6) is 0 Å². The Labute approximate surface area is 123 Å². The number of benzene rings is 1. The van der Waals surface area contributed by atoms with Crippen LogP contribution in [0.1, 0.15) is 31.2 Å². The summed E-state index contributed by atoms with van der Waals surface area (Å²) in [5.41, 5.74) is 0.767. The second-order valence-electron chi connectivity index (χ2n) is 5.11. The second-order valence-corrected chi connectivity index (χ2v) is 5.49. The van der Waals surface area contributed by atoms with Crippen molar-refractivity contribution in [2.24, 2.45) is 0 Å². The number of rotatable bonds is 4. The summed E-state index contributed by atoms with van der Waals surface area (Å²) >= 11 is 6.00. The molecule has 1 atom stereocenters. The first-order valence-electron chi connectivity index (χ1n) is 6.85. The molecule has 2 rings (SSSR count). The highest BCUT2D eigenvalue weighted by Gasteiger charge is 2.25. The highest BCUT2D eigenvalue weighted by molar-refractivity contribution is 6.31. The largest absolute Gasteiger partial charge is 0.469 e. The maximum Gasteiger partial charge on any atom is 0.307 e. The molecule has 1 aromatic carbocycles. The van der Waals surface area contributed by atoms with E-state index in [0.717, 1.165) is 31.4 Å². The Hall–Kier alpha value is -1.13. The summed E-state index contributed by atoms with van der Waals surface area (Å²) in [7, 11) is 1.40. The summed E-state index contributed by atoms with van der Waals surface area (Å²) in [5, 5.41) is 0.176. The van der Waals surface area contributed by atoms with Gasteiger partial charge in [-0.2, -0.15) is 0 Å². The quantitative estimate of drug-likeness (QED) is 0.798. The topological polar surface area (TPSA) is 29.5 Å². The Morgan fingerprint density at radius 2 is 2.30 bits per heavy atom. The van der Waals surface area contributed by atoms with Crippen LogP contribution in [0.4, 0.5) is 4.39 Å². The van der Waals surface area contributed by atoms with Gasteiger partial charge in [-0.05, 0) is 31.0 Å². The standard InChI is InChI=1S/C15H19ClFNO2/c1-20-14(19)9-12-6-2-3-8-18(12)10-11-5-4-7-13(17)15(11)16/h4-5,7,12H,2-3,6,8-10H2,1H3. The molecule has 0 aromatic heterocycles. The van der Waals surface area contributed by atoms with Gasteiger partial charge in [0.25, 0.3) is 0 Å². The Kier molecular flexibility index (Phi) is 5.38. The highest BCUT2D eigenvalue weighted by Crippen LogP contribution is 2.26. The lowest BCUT2D eigenvalue weighted by Crippen LogP contribution is -2.40. The lowest BCUT2D eigenvalue weighted by molar-refractivity contribution is -0.142. The van der Waals surface area contributed by atoms with Crippen LogP contribution in [-0.4, -0.2) is 30.6 Å². The third-order valence-corrected chi connectivity index (χ3v) is 4.21. The Morgan fingerprint density at radius 1 is 1.50 bits per heavy atom. The molecular weight excluding hydrogens is 281 g/mol. The third kappa shape index (κ3) is 3.70. The van der Waals surface area contributed by atoms with E-state index in [2.05, 4.69) is 4.90 Å². The van der Waals surface area contributed by atoms with Gasteiger partial charge in [-0.1, -0.05) is 30.2 Å². The van der Waals surface area contributed by atoms with Crippen LogP contribution in [0.15, 0.2) is 18.2 Å². The molecule has 0 bridgehead atoms. The molecule has 0 radical (unpaired) electrons. The van der Waals surface area contributed by atoms with E-state index >= 15 is 0 Å². The van der Waals surface area contributed by atoms with Crippen molar-refractivity contribution in [3.63, 3.8) is 0 Å². The molecule has 0 saturated carbocycles. The van der Waals surface area contributed by atoms with Crippen molar-refractivity contribution in [2.75, 3.05) is 13.7 Å². The van der Waals surface area contributed by atoms with Crippen LogP contribution in [-0.2, 0) is 16.1 Å². The summed E-state index contributed by atoms with van der Waals surface area (Å²) in [6, 6.07) is 4.99. The Morgan fingerprint density at radius 3 is 3.05 bits per heavy atom. The van der Waals surface area contributed by atoms with Crippen LogP contribution < -0.4 is 0 Å². The summed E-state index contributed by atoms with van der Waals surface area (Å²) in [4.78, 5) is 13.7. The van der Waals surface area contributed by atoms with E-state index in [1.807, 2.05) is 6.07 Å². The highest BCUT2D eigenvalue weighted by atomic mass is 35.5. The molecule has 0 N–H and O–H groups in total. The van der Waals surface area contributed by atoms with E-state index in [1.165, 1.54) is 13.2 Å². The van der Waals surface area contributed by atoms with Crippen LogP contribution >= 0.6 is 11.6 Å². The van der Waals surface area contributed by atoms with Crippen LogP contribution in [0.3, 0.4) is 0 Å². The number of halogens is 2. The fraction of sp³-hybridized carbons (Fsp3) is 0.533. The Bertz CT molecular complexity index is 481. The number of carbonyl (C=O) groups excluding carboxylic acids is 1. The van der Waals surface area contributed by atoms with Gasteiger partial charge in [0.15, 0.2) is 0 Å². The van der Waals surface area contributed by atoms with E-state index in [4.69, 9.17) is 16.3 Å². The first-order chi connectivity index (χ1) is 9.61. The molecule has 20 heavy (non-hydrogen) atoms. The van der Waals surface area contributed by atoms with Crippen molar-refractivity contribution in [2.45, 2.75) is 38.3 Å². The van der Waals surface area contributed by atoms with Crippen molar-refractivity contribution in [1.29, 1.82) is 0 Å². The number of hydrogen-bond acceptors (Lipinski definition) is 3. The van der Waals surface area contributed by atoms with Gasteiger partial charge in [0.1, 0.15) is 5.82 Å². The van der Waals surface area contributed by atoms with Crippen LogP contribution in [0, 0.1) is 5.82 Å². The fourth-order valence-electron chi connectivity index (χ4n) is 2.66. The minimum absolute atomic E-state index is 0.149. The van der Waals surface area contributed by atoms with Crippen molar-refractivity contribution in [1.82, 2.24) is 4.90 Å².